The van der Waals surface area contributed by atoms with Crippen molar-refractivity contribution in [2.75, 3.05) is 20.8 Å². The van der Waals surface area contributed by atoms with E-state index in [2.05, 4.69) is 0 Å². The minimum absolute atomic E-state index is 0.00381. The minimum Gasteiger partial charge on any atom is -0.492 e. The summed E-state index contributed by atoms with van der Waals surface area (Å²) in [5.41, 5.74) is 0.718. The fourth-order valence-corrected chi connectivity index (χ4v) is 4.43. The fraction of sp³-hybridized carbons (Fsp3) is 0.480. The van der Waals surface area contributed by atoms with Gasteiger partial charge in [0.15, 0.2) is 0 Å². The van der Waals surface area contributed by atoms with Gasteiger partial charge in [-0.05, 0) is 43.9 Å². The Morgan fingerprint density at radius 1 is 1.16 bits per heavy atom. The summed E-state index contributed by atoms with van der Waals surface area (Å²) >= 11 is 0. The molecule has 0 bridgehead atoms. The van der Waals surface area contributed by atoms with Crippen molar-refractivity contribution in [2.45, 2.75) is 56.7 Å². The molecule has 0 radical (unpaired) electrons. The van der Waals surface area contributed by atoms with E-state index in [-0.39, 0.29) is 30.0 Å². The molecule has 0 amide bonds. The number of esters is 1. The Morgan fingerprint density at radius 2 is 1.94 bits per heavy atom. The molecule has 1 aliphatic carbocycles. The van der Waals surface area contributed by atoms with Crippen LogP contribution in [-0.4, -0.2) is 32.4 Å². The summed E-state index contributed by atoms with van der Waals surface area (Å²) in [5.74, 6) is -2.18. The molecular formula is C25H28F2O5. The van der Waals surface area contributed by atoms with Crippen molar-refractivity contribution in [1.29, 1.82) is 0 Å². The fourth-order valence-electron chi connectivity index (χ4n) is 4.43. The first-order chi connectivity index (χ1) is 15.2. The molecule has 1 aliphatic heterocycles. The summed E-state index contributed by atoms with van der Waals surface area (Å²) < 4.78 is 52.3. The molecule has 0 fully saturated rings. The van der Waals surface area contributed by atoms with Crippen molar-refractivity contribution in [3.63, 3.8) is 0 Å². The lowest BCUT2D eigenvalue weighted by molar-refractivity contribution is -0.185. The summed E-state index contributed by atoms with van der Waals surface area (Å²) in [4.78, 5) is 11.6. The maximum atomic E-state index is 15.2. The van der Waals surface area contributed by atoms with E-state index in [1.54, 1.807) is 12.1 Å². The van der Waals surface area contributed by atoms with E-state index in [0.717, 1.165) is 11.1 Å². The third-order valence-corrected chi connectivity index (χ3v) is 6.60. The van der Waals surface area contributed by atoms with Crippen molar-refractivity contribution in [3.8, 4) is 11.5 Å². The molecule has 0 unspecified atom stereocenters. The number of hydrogen-bond acceptors (Lipinski definition) is 5. The molecule has 0 aromatic heterocycles. The molecule has 4 rings (SSSR count). The third kappa shape index (κ3) is 3.83. The Kier molecular flexibility index (Phi) is 5.88. The van der Waals surface area contributed by atoms with E-state index in [1.165, 1.54) is 34.1 Å². The van der Waals surface area contributed by atoms with E-state index in [4.69, 9.17) is 18.9 Å². The van der Waals surface area contributed by atoms with Gasteiger partial charge in [-0.3, -0.25) is 4.79 Å². The van der Waals surface area contributed by atoms with E-state index in [1.807, 2.05) is 18.2 Å². The largest absolute Gasteiger partial charge is 0.492 e. The summed E-state index contributed by atoms with van der Waals surface area (Å²) in [6.07, 6.45) is 1.05. The Balaban J connectivity index is 1.55. The van der Waals surface area contributed by atoms with Gasteiger partial charge in [0.25, 0.3) is 0 Å². The highest BCUT2D eigenvalue weighted by molar-refractivity contribution is 5.71. The van der Waals surface area contributed by atoms with E-state index in [0.29, 0.717) is 36.5 Å². The summed E-state index contributed by atoms with van der Waals surface area (Å²) in [7, 11) is 2.67. The molecule has 7 heteroatoms. The van der Waals surface area contributed by atoms with Crippen molar-refractivity contribution in [2.24, 2.45) is 0 Å². The Bertz CT molecular complexity index is 1020. The van der Waals surface area contributed by atoms with Crippen LogP contribution in [0.1, 0.15) is 61.0 Å². The number of ether oxygens (including phenoxy) is 4. The molecule has 0 saturated carbocycles. The molecule has 0 spiro atoms. The molecule has 2 aromatic carbocycles. The smallest absolute Gasteiger partial charge is 0.306 e. The first-order valence-corrected chi connectivity index (χ1v) is 10.7. The van der Waals surface area contributed by atoms with Crippen LogP contribution in [-0.2, 0) is 26.6 Å². The van der Waals surface area contributed by atoms with Gasteiger partial charge in [-0.2, -0.15) is 8.78 Å². The van der Waals surface area contributed by atoms with Gasteiger partial charge in [0, 0.05) is 30.2 Å². The van der Waals surface area contributed by atoms with Gasteiger partial charge >= 0.3 is 11.9 Å². The highest BCUT2D eigenvalue weighted by Crippen LogP contribution is 2.47. The second kappa shape index (κ2) is 8.35. The van der Waals surface area contributed by atoms with Gasteiger partial charge in [-0.15, -0.1) is 0 Å². The number of fused-ring (bicyclic) bond motifs is 2. The highest BCUT2D eigenvalue weighted by atomic mass is 19.3. The standard InChI is InChI=1S/C25H28F2O5/c1-24(2,30-4)25(26,27)20-7-5-6-19-18(20)10-11-21(19)32-16-8-9-17-15(12-23(28)29-3)14-31-22(17)13-16/h5-9,13,15,21H,10-12,14H2,1-4H3/t15-,21-/m1/s1. The lowest BCUT2D eigenvalue weighted by atomic mass is 9.88. The Hall–Kier alpha value is -2.67. The van der Waals surface area contributed by atoms with Gasteiger partial charge in [-0.25, -0.2) is 0 Å². The molecule has 172 valence electrons. The molecule has 2 aromatic rings. The van der Waals surface area contributed by atoms with Crippen LogP contribution in [0.3, 0.4) is 0 Å². The predicted octanol–water partition coefficient (Wildman–Crippen LogP) is 5.31. The zero-order valence-corrected chi connectivity index (χ0v) is 18.7. The number of hydrogen-bond donors (Lipinski definition) is 0. The topological polar surface area (TPSA) is 54.0 Å². The van der Waals surface area contributed by atoms with Gasteiger partial charge in [-0.1, -0.05) is 24.3 Å². The molecule has 2 aliphatic rings. The van der Waals surface area contributed by atoms with Crippen molar-refractivity contribution < 1.29 is 32.5 Å². The SMILES string of the molecule is COC(=O)C[C@@H]1COc2cc(O[C@@H]3CCc4c3cccc4C(F)(F)C(C)(C)OC)ccc21. The molecular weight excluding hydrogens is 418 g/mol. The van der Waals surface area contributed by atoms with Gasteiger partial charge < -0.3 is 18.9 Å². The first-order valence-electron chi connectivity index (χ1n) is 10.7. The number of halogens is 2. The number of methoxy groups -OCH3 is 2. The summed E-state index contributed by atoms with van der Waals surface area (Å²) in [6, 6.07) is 10.5. The number of benzene rings is 2. The number of carbonyl (C=O) groups is 1. The number of carbonyl (C=O) groups excluding carboxylic acids is 1. The second-order valence-electron chi connectivity index (χ2n) is 8.80. The third-order valence-electron chi connectivity index (χ3n) is 6.60. The van der Waals surface area contributed by atoms with Crippen LogP contribution in [0, 0.1) is 0 Å². The van der Waals surface area contributed by atoms with Crippen LogP contribution in [0.5, 0.6) is 11.5 Å². The van der Waals surface area contributed by atoms with E-state index in [9.17, 15) is 4.79 Å². The second-order valence-corrected chi connectivity index (χ2v) is 8.80. The molecule has 0 saturated heterocycles. The minimum atomic E-state index is -3.14. The molecule has 2 atom stereocenters. The van der Waals surface area contributed by atoms with Crippen LogP contribution >= 0.6 is 0 Å². The molecule has 5 nitrogen and oxygen atoms in total. The quantitative estimate of drug-likeness (QED) is 0.540. The zero-order valence-electron chi connectivity index (χ0n) is 18.7. The van der Waals surface area contributed by atoms with E-state index < -0.39 is 11.5 Å². The maximum Gasteiger partial charge on any atom is 0.306 e. The Morgan fingerprint density at radius 3 is 2.66 bits per heavy atom. The molecule has 1 heterocycles. The van der Waals surface area contributed by atoms with Gasteiger partial charge in [0.2, 0.25) is 0 Å². The lowest BCUT2D eigenvalue weighted by Gasteiger charge is -2.34. The Labute approximate surface area is 186 Å². The van der Waals surface area contributed by atoms with Crippen LogP contribution in [0.2, 0.25) is 0 Å². The van der Waals surface area contributed by atoms with Crippen LogP contribution in [0.15, 0.2) is 36.4 Å². The van der Waals surface area contributed by atoms with E-state index >= 15 is 8.78 Å². The zero-order chi connectivity index (χ0) is 23.1. The molecule has 32 heavy (non-hydrogen) atoms. The van der Waals surface area contributed by atoms with Crippen molar-refractivity contribution in [3.05, 3.63) is 58.7 Å². The van der Waals surface area contributed by atoms with Crippen molar-refractivity contribution in [1.82, 2.24) is 0 Å². The van der Waals surface area contributed by atoms with Crippen LogP contribution < -0.4 is 9.47 Å². The lowest BCUT2D eigenvalue weighted by Crippen LogP contribution is -2.42. The summed E-state index contributed by atoms with van der Waals surface area (Å²) in [6.45, 7) is 3.20. The number of alkyl halides is 2. The predicted molar refractivity (Wildman–Crippen MR) is 114 cm³/mol. The van der Waals surface area contributed by atoms with Gasteiger partial charge in [0.05, 0.1) is 20.1 Å². The molecule has 0 N–H and O–H groups in total. The van der Waals surface area contributed by atoms with Gasteiger partial charge in [0.1, 0.15) is 23.2 Å². The maximum absolute atomic E-state index is 15.2. The van der Waals surface area contributed by atoms with Crippen molar-refractivity contribution >= 4 is 5.97 Å². The number of rotatable bonds is 7. The average Bonchev–Trinajstić information content (AvgIpc) is 3.37. The van der Waals surface area contributed by atoms with Crippen LogP contribution in [0.4, 0.5) is 8.78 Å². The monoisotopic (exact) mass is 446 g/mol. The van der Waals surface area contributed by atoms with Crippen LogP contribution in [0.25, 0.3) is 0 Å². The summed E-state index contributed by atoms with van der Waals surface area (Å²) in [5, 5.41) is 0. The normalized spacial score (nSPS) is 19.8. The average molecular weight is 446 g/mol. The first kappa shape index (κ1) is 22.5. The highest BCUT2D eigenvalue weighted by Gasteiger charge is 2.50.